The van der Waals surface area contributed by atoms with Gasteiger partial charge in [-0.15, -0.1) is 11.3 Å². The molecule has 1 saturated heterocycles. The standard InChI is InChI=1S/C20H26FN3OS/c1-3-19(25)22-15(2)20(18-5-4-14-26-18)24-12-10-23(11-13-24)17-8-6-16(21)7-9-17/h4-9,14-15,20H,3,10-13H2,1-2H3,(H,22,25)/p+1/t15-,20+/m0/s1. The third-order valence-corrected chi connectivity index (χ3v) is 6.05. The summed E-state index contributed by atoms with van der Waals surface area (Å²) in [4.78, 5) is 17.0. The number of piperazine rings is 1. The molecule has 140 valence electrons. The Labute approximate surface area is 158 Å². The van der Waals surface area contributed by atoms with Crippen LogP contribution in [-0.4, -0.2) is 38.1 Å². The van der Waals surface area contributed by atoms with Crippen molar-refractivity contribution in [2.24, 2.45) is 0 Å². The molecular weight excluding hydrogens is 349 g/mol. The molecule has 1 aromatic carbocycles. The van der Waals surface area contributed by atoms with Gasteiger partial charge in [0, 0.05) is 12.1 Å². The van der Waals surface area contributed by atoms with Crippen molar-refractivity contribution in [3.63, 3.8) is 0 Å². The molecule has 0 saturated carbocycles. The van der Waals surface area contributed by atoms with Crippen molar-refractivity contribution in [3.8, 4) is 0 Å². The molecule has 0 aliphatic carbocycles. The van der Waals surface area contributed by atoms with Gasteiger partial charge in [0.1, 0.15) is 11.9 Å². The maximum absolute atomic E-state index is 13.1. The summed E-state index contributed by atoms with van der Waals surface area (Å²) >= 11 is 1.76. The molecule has 1 aliphatic rings. The maximum atomic E-state index is 13.1. The highest BCUT2D eigenvalue weighted by molar-refractivity contribution is 7.10. The second-order valence-electron chi connectivity index (χ2n) is 6.82. The predicted molar refractivity (Wildman–Crippen MR) is 104 cm³/mol. The van der Waals surface area contributed by atoms with Gasteiger partial charge < -0.3 is 15.1 Å². The van der Waals surface area contributed by atoms with Crippen LogP contribution in [0.5, 0.6) is 0 Å². The second-order valence-corrected chi connectivity index (χ2v) is 7.80. The normalized spacial score (nSPS) is 17.7. The molecular formula is C20H27FN3OS+. The fourth-order valence-electron chi connectivity index (χ4n) is 3.72. The SMILES string of the molecule is CCC(=O)N[C@@H](C)[C@H](c1cccs1)[NH+]1CCN(c2ccc(F)cc2)CC1. The van der Waals surface area contributed by atoms with E-state index in [4.69, 9.17) is 0 Å². The van der Waals surface area contributed by atoms with E-state index in [-0.39, 0.29) is 23.8 Å². The van der Waals surface area contributed by atoms with Crippen LogP contribution >= 0.6 is 11.3 Å². The van der Waals surface area contributed by atoms with Gasteiger partial charge in [0.05, 0.1) is 37.1 Å². The number of thiophene rings is 1. The van der Waals surface area contributed by atoms with Crippen LogP contribution in [0.1, 0.15) is 31.2 Å². The quantitative estimate of drug-likeness (QED) is 0.811. The monoisotopic (exact) mass is 376 g/mol. The number of benzene rings is 1. The van der Waals surface area contributed by atoms with E-state index in [1.54, 1.807) is 11.3 Å². The number of nitrogens with one attached hydrogen (secondary N) is 2. The minimum absolute atomic E-state index is 0.0912. The Kier molecular flexibility index (Phi) is 6.27. The van der Waals surface area contributed by atoms with Gasteiger partial charge in [-0.2, -0.15) is 0 Å². The van der Waals surface area contributed by atoms with Gasteiger partial charge in [-0.05, 0) is 42.6 Å². The summed E-state index contributed by atoms with van der Waals surface area (Å²) < 4.78 is 13.1. The van der Waals surface area contributed by atoms with Gasteiger partial charge in [-0.25, -0.2) is 4.39 Å². The first-order valence-corrected chi connectivity index (χ1v) is 10.1. The van der Waals surface area contributed by atoms with Crippen LogP contribution < -0.4 is 15.1 Å². The lowest BCUT2D eigenvalue weighted by Gasteiger charge is -2.39. The van der Waals surface area contributed by atoms with Crippen molar-refractivity contribution in [2.75, 3.05) is 31.1 Å². The predicted octanol–water partition coefficient (Wildman–Crippen LogP) is 2.25. The molecule has 1 aliphatic heterocycles. The summed E-state index contributed by atoms with van der Waals surface area (Å²) in [5, 5.41) is 5.26. The molecule has 2 heterocycles. The van der Waals surface area contributed by atoms with Gasteiger partial charge in [0.25, 0.3) is 0 Å². The van der Waals surface area contributed by atoms with Crippen LogP contribution in [0.15, 0.2) is 41.8 Å². The van der Waals surface area contributed by atoms with E-state index < -0.39 is 0 Å². The van der Waals surface area contributed by atoms with E-state index in [9.17, 15) is 9.18 Å². The molecule has 2 N–H and O–H groups in total. The van der Waals surface area contributed by atoms with Crippen molar-refractivity contribution in [1.82, 2.24) is 5.32 Å². The number of hydrogen-bond acceptors (Lipinski definition) is 3. The van der Waals surface area contributed by atoms with Crippen LogP contribution in [0.4, 0.5) is 10.1 Å². The lowest BCUT2D eigenvalue weighted by atomic mass is 10.0. The van der Waals surface area contributed by atoms with E-state index in [0.717, 1.165) is 31.9 Å². The minimum Gasteiger partial charge on any atom is -0.360 e. The number of halogens is 1. The largest absolute Gasteiger partial charge is 0.360 e. The molecule has 0 radical (unpaired) electrons. The van der Waals surface area contributed by atoms with E-state index >= 15 is 0 Å². The summed E-state index contributed by atoms with van der Waals surface area (Å²) in [5.41, 5.74) is 1.07. The topological polar surface area (TPSA) is 36.8 Å². The number of anilines is 1. The molecule has 2 atom stereocenters. The second kappa shape index (κ2) is 8.64. The third-order valence-electron chi connectivity index (χ3n) is 5.10. The highest BCUT2D eigenvalue weighted by atomic mass is 32.1. The lowest BCUT2D eigenvalue weighted by molar-refractivity contribution is -0.933. The third kappa shape index (κ3) is 4.43. The maximum Gasteiger partial charge on any atom is 0.220 e. The van der Waals surface area contributed by atoms with Crippen molar-refractivity contribution >= 4 is 22.9 Å². The summed E-state index contributed by atoms with van der Waals surface area (Å²) in [7, 11) is 0. The number of amides is 1. The van der Waals surface area contributed by atoms with E-state index in [1.807, 2.05) is 19.1 Å². The summed E-state index contributed by atoms with van der Waals surface area (Å²) in [6.45, 7) is 7.83. The van der Waals surface area contributed by atoms with E-state index in [1.165, 1.54) is 21.9 Å². The molecule has 0 unspecified atom stereocenters. The first-order chi connectivity index (χ1) is 12.6. The fraction of sp³-hybridized carbons (Fsp3) is 0.450. The van der Waals surface area contributed by atoms with Gasteiger partial charge in [0.2, 0.25) is 5.91 Å². The van der Waals surface area contributed by atoms with Crippen LogP contribution in [0, 0.1) is 5.82 Å². The van der Waals surface area contributed by atoms with Crippen LogP contribution in [0.2, 0.25) is 0 Å². The number of carbonyl (C=O) groups is 1. The van der Waals surface area contributed by atoms with Crippen molar-refractivity contribution in [2.45, 2.75) is 32.4 Å². The number of quaternary nitrogens is 1. The Morgan fingerprint density at radius 3 is 2.54 bits per heavy atom. The number of hydrogen-bond donors (Lipinski definition) is 2. The molecule has 1 fully saturated rings. The van der Waals surface area contributed by atoms with Crippen molar-refractivity contribution < 1.29 is 14.1 Å². The van der Waals surface area contributed by atoms with Gasteiger partial charge >= 0.3 is 0 Å². The molecule has 2 aromatic rings. The molecule has 1 amide bonds. The highest BCUT2D eigenvalue weighted by Crippen LogP contribution is 2.21. The van der Waals surface area contributed by atoms with Gasteiger partial charge in [-0.3, -0.25) is 4.79 Å². The summed E-state index contributed by atoms with van der Waals surface area (Å²) in [6, 6.07) is 11.3. The Balaban J connectivity index is 1.69. The molecule has 0 bridgehead atoms. The zero-order valence-electron chi connectivity index (χ0n) is 15.4. The van der Waals surface area contributed by atoms with Gasteiger partial charge in [0.15, 0.2) is 0 Å². The van der Waals surface area contributed by atoms with Crippen LogP contribution in [0.25, 0.3) is 0 Å². The Morgan fingerprint density at radius 1 is 1.27 bits per heavy atom. The van der Waals surface area contributed by atoms with Crippen LogP contribution in [-0.2, 0) is 4.79 Å². The van der Waals surface area contributed by atoms with E-state index in [0.29, 0.717) is 6.42 Å². The van der Waals surface area contributed by atoms with Crippen molar-refractivity contribution in [1.29, 1.82) is 0 Å². The van der Waals surface area contributed by atoms with Gasteiger partial charge in [-0.1, -0.05) is 13.0 Å². The zero-order chi connectivity index (χ0) is 18.5. The molecule has 4 nitrogen and oxygen atoms in total. The average molecular weight is 377 g/mol. The highest BCUT2D eigenvalue weighted by Gasteiger charge is 2.34. The summed E-state index contributed by atoms with van der Waals surface area (Å²) in [5.74, 6) is -0.0975. The minimum atomic E-state index is -0.198. The van der Waals surface area contributed by atoms with Crippen molar-refractivity contribution in [3.05, 3.63) is 52.5 Å². The lowest BCUT2D eigenvalue weighted by Crippen LogP contribution is -3.16. The number of carbonyl (C=O) groups excluding carboxylic acids is 1. The van der Waals surface area contributed by atoms with Crippen LogP contribution in [0.3, 0.4) is 0 Å². The Bertz CT molecular complexity index is 696. The molecule has 1 aromatic heterocycles. The first-order valence-electron chi connectivity index (χ1n) is 9.26. The number of rotatable bonds is 6. The molecule has 3 rings (SSSR count). The summed E-state index contributed by atoms with van der Waals surface area (Å²) in [6.07, 6.45) is 0.509. The zero-order valence-corrected chi connectivity index (χ0v) is 16.2. The molecule has 26 heavy (non-hydrogen) atoms. The van der Waals surface area contributed by atoms with E-state index in [2.05, 4.69) is 34.7 Å². The average Bonchev–Trinajstić information content (AvgIpc) is 3.17. The Morgan fingerprint density at radius 2 is 1.96 bits per heavy atom. The smallest absolute Gasteiger partial charge is 0.220 e. The first kappa shape index (κ1) is 18.9. The molecule has 6 heteroatoms. The fourth-order valence-corrected chi connectivity index (χ4v) is 4.71. The Hall–Kier alpha value is -1.92. The molecule has 0 spiro atoms. The number of nitrogens with zero attached hydrogens (tertiary/aromatic N) is 1.